The molecule has 0 radical (unpaired) electrons. The first-order valence-electron chi connectivity index (χ1n) is 9.77. The SMILES string of the molecule is CCC(C)ON(CCCNC(=O)c1cccc(O)c1C)Sc1ccc(OC)cc1. The van der Waals surface area contributed by atoms with Crippen LogP contribution in [0.3, 0.4) is 0 Å². The van der Waals surface area contributed by atoms with Crippen LogP contribution in [-0.2, 0) is 4.84 Å². The standard InChI is InChI=1S/C22H30N2O4S/c1-5-16(2)28-24(29-19-12-10-18(27-4)11-13-19)15-7-14-23-22(26)20-8-6-9-21(25)17(20)3/h6,8-13,16,25H,5,7,14-15H2,1-4H3,(H,23,26). The molecule has 0 bridgehead atoms. The van der Waals surface area contributed by atoms with Crippen molar-refractivity contribution in [3.05, 3.63) is 53.6 Å². The van der Waals surface area contributed by atoms with Gasteiger partial charge in [-0.1, -0.05) is 13.0 Å². The fourth-order valence-electron chi connectivity index (χ4n) is 2.52. The Morgan fingerprint density at radius 1 is 1.24 bits per heavy atom. The third-order valence-corrected chi connectivity index (χ3v) is 5.45. The van der Waals surface area contributed by atoms with Crippen LogP contribution in [0.5, 0.6) is 11.5 Å². The maximum atomic E-state index is 12.4. The summed E-state index contributed by atoms with van der Waals surface area (Å²) in [6, 6.07) is 12.8. The molecule has 0 saturated carbocycles. The van der Waals surface area contributed by atoms with Crippen molar-refractivity contribution in [2.45, 2.75) is 44.6 Å². The van der Waals surface area contributed by atoms with Gasteiger partial charge in [-0.2, -0.15) is 0 Å². The minimum Gasteiger partial charge on any atom is -0.508 e. The van der Waals surface area contributed by atoms with Gasteiger partial charge in [0.15, 0.2) is 0 Å². The summed E-state index contributed by atoms with van der Waals surface area (Å²) < 4.78 is 7.06. The quantitative estimate of drug-likeness (QED) is 0.316. The van der Waals surface area contributed by atoms with Crippen LogP contribution >= 0.6 is 11.9 Å². The average molecular weight is 419 g/mol. The first kappa shape index (κ1) is 23.1. The molecule has 2 N–H and O–H groups in total. The minimum absolute atomic E-state index is 0.102. The summed E-state index contributed by atoms with van der Waals surface area (Å²) in [5.74, 6) is 0.756. The molecule has 1 atom stereocenters. The molecule has 0 aromatic heterocycles. The molecular formula is C22H30N2O4S. The first-order chi connectivity index (χ1) is 13.9. The van der Waals surface area contributed by atoms with E-state index in [9.17, 15) is 9.90 Å². The third-order valence-electron chi connectivity index (χ3n) is 4.49. The second-order valence-corrected chi connectivity index (χ2v) is 7.77. The number of rotatable bonds is 11. The molecule has 2 aromatic carbocycles. The van der Waals surface area contributed by atoms with Gasteiger partial charge in [-0.25, -0.2) is 0 Å². The maximum absolute atomic E-state index is 12.4. The predicted octanol–water partition coefficient (Wildman–Crippen LogP) is 4.57. The summed E-state index contributed by atoms with van der Waals surface area (Å²) in [5, 5.41) is 12.7. The number of methoxy groups -OCH3 is 1. The Morgan fingerprint density at radius 2 is 1.97 bits per heavy atom. The van der Waals surface area contributed by atoms with Crippen LogP contribution in [0.4, 0.5) is 0 Å². The van der Waals surface area contributed by atoms with Crippen molar-refractivity contribution < 1.29 is 19.5 Å². The van der Waals surface area contributed by atoms with Crippen LogP contribution in [-0.4, -0.2) is 41.8 Å². The molecule has 158 valence electrons. The number of nitrogens with one attached hydrogen (secondary N) is 1. The molecule has 0 saturated heterocycles. The lowest BCUT2D eigenvalue weighted by atomic mass is 10.1. The highest BCUT2D eigenvalue weighted by atomic mass is 32.2. The second-order valence-electron chi connectivity index (χ2n) is 6.71. The number of hydrogen-bond acceptors (Lipinski definition) is 6. The number of hydrogen-bond donors (Lipinski definition) is 2. The van der Waals surface area contributed by atoms with Crippen LogP contribution in [0.1, 0.15) is 42.6 Å². The van der Waals surface area contributed by atoms with Gasteiger partial charge in [0, 0.05) is 29.1 Å². The van der Waals surface area contributed by atoms with E-state index in [0.29, 0.717) is 24.2 Å². The summed E-state index contributed by atoms with van der Waals surface area (Å²) in [7, 11) is 1.65. The smallest absolute Gasteiger partial charge is 0.251 e. The molecule has 2 rings (SSSR count). The third kappa shape index (κ3) is 7.27. The lowest BCUT2D eigenvalue weighted by Crippen LogP contribution is -2.29. The fraction of sp³-hybridized carbons (Fsp3) is 0.409. The number of ether oxygens (including phenoxy) is 1. The lowest BCUT2D eigenvalue weighted by molar-refractivity contribution is -0.119. The van der Waals surface area contributed by atoms with Crippen molar-refractivity contribution in [2.75, 3.05) is 20.2 Å². The Hall–Kier alpha value is -2.22. The zero-order valence-corrected chi connectivity index (χ0v) is 18.3. The number of carbonyl (C=O) groups is 1. The minimum atomic E-state index is -0.185. The van der Waals surface area contributed by atoms with Crippen LogP contribution in [0, 0.1) is 6.92 Å². The average Bonchev–Trinajstić information content (AvgIpc) is 2.73. The summed E-state index contributed by atoms with van der Waals surface area (Å²) in [5.41, 5.74) is 1.08. The molecule has 0 aliphatic heterocycles. The molecule has 2 aromatic rings. The number of benzene rings is 2. The van der Waals surface area contributed by atoms with Gasteiger partial charge in [-0.15, -0.1) is 4.47 Å². The highest BCUT2D eigenvalue weighted by molar-refractivity contribution is 7.96. The van der Waals surface area contributed by atoms with Crippen molar-refractivity contribution >= 4 is 17.9 Å². The molecule has 1 amide bonds. The molecule has 7 heteroatoms. The van der Waals surface area contributed by atoms with Crippen LogP contribution in [0.25, 0.3) is 0 Å². The molecule has 0 aliphatic carbocycles. The monoisotopic (exact) mass is 418 g/mol. The van der Waals surface area contributed by atoms with Crippen molar-refractivity contribution in [1.82, 2.24) is 9.79 Å². The van der Waals surface area contributed by atoms with Gasteiger partial charge in [-0.05, 0) is 75.0 Å². The summed E-state index contributed by atoms with van der Waals surface area (Å²) >= 11 is 1.52. The number of phenolic OH excluding ortho intramolecular Hbond substituents is 1. The van der Waals surface area contributed by atoms with Gasteiger partial charge in [0.05, 0.1) is 13.2 Å². The van der Waals surface area contributed by atoms with Crippen molar-refractivity contribution in [1.29, 1.82) is 0 Å². The van der Waals surface area contributed by atoms with E-state index in [1.165, 1.54) is 11.9 Å². The number of amides is 1. The van der Waals surface area contributed by atoms with E-state index >= 15 is 0 Å². The van der Waals surface area contributed by atoms with Gasteiger partial charge in [-0.3, -0.25) is 9.63 Å². The first-order valence-corrected chi connectivity index (χ1v) is 10.5. The van der Waals surface area contributed by atoms with E-state index in [1.54, 1.807) is 32.2 Å². The van der Waals surface area contributed by atoms with E-state index in [2.05, 4.69) is 12.2 Å². The molecule has 0 spiro atoms. The van der Waals surface area contributed by atoms with Crippen LogP contribution < -0.4 is 10.1 Å². The van der Waals surface area contributed by atoms with Gasteiger partial charge in [0.1, 0.15) is 11.5 Å². The molecular weight excluding hydrogens is 388 g/mol. The van der Waals surface area contributed by atoms with Gasteiger partial charge >= 0.3 is 0 Å². The summed E-state index contributed by atoms with van der Waals surface area (Å²) in [6.07, 6.45) is 1.74. The van der Waals surface area contributed by atoms with Gasteiger partial charge < -0.3 is 15.2 Å². The molecule has 0 heterocycles. The normalized spacial score (nSPS) is 12.0. The lowest BCUT2D eigenvalue weighted by Gasteiger charge is -2.24. The van der Waals surface area contributed by atoms with Crippen molar-refractivity contribution in [3.63, 3.8) is 0 Å². The molecule has 6 nitrogen and oxygen atoms in total. The van der Waals surface area contributed by atoms with E-state index in [1.807, 2.05) is 35.7 Å². The second kappa shape index (κ2) is 11.7. The van der Waals surface area contributed by atoms with Crippen LogP contribution in [0.2, 0.25) is 0 Å². The van der Waals surface area contributed by atoms with E-state index in [4.69, 9.17) is 9.57 Å². The van der Waals surface area contributed by atoms with Gasteiger partial charge in [0.25, 0.3) is 5.91 Å². The Labute approximate surface area is 177 Å². The molecule has 1 unspecified atom stereocenters. The molecule has 0 aliphatic rings. The molecule has 29 heavy (non-hydrogen) atoms. The zero-order chi connectivity index (χ0) is 21.2. The zero-order valence-electron chi connectivity index (χ0n) is 17.5. The maximum Gasteiger partial charge on any atom is 0.251 e. The highest BCUT2D eigenvalue weighted by Crippen LogP contribution is 2.26. The van der Waals surface area contributed by atoms with E-state index < -0.39 is 0 Å². The van der Waals surface area contributed by atoms with Crippen molar-refractivity contribution in [3.8, 4) is 11.5 Å². The number of phenols is 1. The van der Waals surface area contributed by atoms with Gasteiger partial charge in [0.2, 0.25) is 0 Å². The Balaban J connectivity index is 1.88. The predicted molar refractivity (Wildman–Crippen MR) is 116 cm³/mol. The number of aromatic hydroxyl groups is 1. The Bertz CT molecular complexity index is 783. The largest absolute Gasteiger partial charge is 0.508 e. The Kier molecular flexibility index (Phi) is 9.31. The fourth-order valence-corrected chi connectivity index (χ4v) is 3.43. The number of nitrogens with zero attached hydrogens (tertiary/aromatic N) is 1. The van der Waals surface area contributed by atoms with E-state index in [0.717, 1.165) is 23.5 Å². The van der Waals surface area contributed by atoms with E-state index in [-0.39, 0.29) is 17.8 Å². The molecule has 0 fully saturated rings. The van der Waals surface area contributed by atoms with Crippen LogP contribution in [0.15, 0.2) is 47.4 Å². The topological polar surface area (TPSA) is 71.0 Å². The van der Waals surface area contributed by atoms with Crippen molar-refractivity contribution in [2.24, 2.45) is 0 Å². The number of hydroxylamine groups is 1. The summed E-state index contributed by atoms with van der Waals surface area (Å²) in [6.45, 7) is 7.02. The summed E-state index contributed by atoms with van der Waals surface area (Å²) in [4.78, 5) is 19.4. The highest BCUT2D eigenvalue weighted by Gasteiger charge is 2.14. The number of carbonyl (C=O) groups excluding carboxylic acids is 1. The Morgan fingerprint density at radius 3 is 2.62 bits per heavy atom.